The van der Waals surface area contributed by atoms with E-state index in [0.717, 1.165) is 49.1 Å². The van der Waals surface area contributed by atoms with Crippen molar-refractivity contribution in [2.24, 2.45) is 0 Å². The topological polar surface area (TPSA) is 85.8 Å². The smallest absolute Gasteiger partial charge is 0.407 e. The summed E-state index contributed by atoms with van der Waals surface area (Å²) in [4.78, 5) is 22.8. The minimum absolute atomic E-state index is 0.119. The molecule has 8 heteroatoms. The Hall–Kier alpha value is -2.77. The van der Waals surface area contributed by atoms with Crippen molar-refractivity contribution < 1.29 is 19.0 Å². The van der Waals surface area contributed by atoms with Gasteiger partial charge < -0.3 is 24.4 Å². The molecule has 1 N–H and O–H groups in total. The summed E-state index contributed by atoms with van der Waals surface area (Å²) in [5, 5.41) is 3.86. The molecule has 0 aliphatic carbocycles. The van der Waals surface area contributed by atoms with Gasteiger partial charge in [-0.05, 0) is 25.3 Å². The predicted octanol–water partition coefficient (Wildman–Crippen LogP) is 2.75. The maximum atomic E-state index is 11.7. The van der Waals surface area contributed by atoms with Crippen molar-refractivity contribution in [1.82, 2.24) is 15.3 Å². The van der Waals surface area contributed by atoms with E-state index >= 15 is 0 Å². The van der Waals surface area contributed by atoms with Gasteiger partial charge in [-0.25, -0.2) is 14.8 Å². The van der Waals surface area contributed by atoms with E-state index in [-0.39, 0.29) is 12.1 Å². The Bertz CT molecular complexity index is 791. The zero-order valence-electron chi connectivity index (χ0n) is 16.0. The van der Waals surface area contributed by atoms with E-state index < -0.39 is 0 Å². The number of carbonyl (C=O) groups is 1. The molecule has 8 nitrogen and oxygen atoms in total. The molecular weight excluding hydrogens is 348 g/mol. The van der Waals surface area contributed by atoms with Crippen molar-refractivity contribution in [2.45, 2.75) is 32.2 Å². The molecule has 2 aromatic rings. The summed E-state index contributed by atoms with van der Waals surface area (Å²) < 4.78 is 15.9. The van der Waals surface area contributed by atoms with E-state index in [1.165, 1.54) is 0 Å². The zero-order valence-corrected chi connectivity index (χ0v) is 16.0. The number of carbonyl (C=O) groups excluding carboxylic acids is 1. The Morgan fingerprint density at radius 1 is 1.19 bits per heavy atom. The fourth-order valence-corrected chi connectivity index (χ4v) is 3.26. The van der Waals surface area contributed by atoms with Gasteiger partial charge in [-0.15, -0.1) is 0 Å². The largest absolute Gasteiger partial charge is 0.493 e. The second-order valence-electron chi connectivity index (χ2n) is 6.46. The second kappa shape index (κ2) is 8.75. The molecule has 3 rings (SSSR count). The molecule has 0 saturated carbocycles. The molecule has 1 aromatic carbocycles. The first-order chi connectivity index (χ1) is 13.2. The Morgan fingerprint density at radius 2 is 1.89 bits per heavy atom. The number of hydrogen-bond donors (Lipinski definition) is 1. The fourth-order valence-electron chi connectivity index (χ4n) is 3.26. The maximum absolute atomic E-state index is 11.7. The van der Waals surface area contributed by atoms with Gasteiger partial charge in [0.15, 0.2) is 11.5 Å². The number of methoxy groups -OCH3 is 2. The summed E-state index contributed by atoms with van der Waals surface area (Å²) in [5.74, 6) is 2.16. The summed E-state index contributed by atoms with van der Waals surface area (Å²) in [6.07, 6.45) is 3.72. The molecule has 2 heterocycles. The number of alkyl carbamates (subject to hydrolysis) is 1. The van der Waals surface area contributed by atoms with E-state index in [2.05, 4.69) is 20.2 Å². The van der Waals surface area contributed by atoms with Gasteiger partial charge in [-0.3, -0.25) is 0 Å². The third kappa shape index (κ3) is 4.32. The van der Waals surface area contributed by atoms with Crippen molar-refractivity contribution in [1.29, 1.82) is 0 Å². The van der Waals surface area contributed by atoms with Crippen LogP contribution in [0.25, 0.3) is 10.9 Å². The van der Waals surface area contributed by atoms with Crippen LogP contribution in [0.1, 0.15) is 26.2 Å². The third-order valence-electron chi connectivity index (χ3n) is 4.67. The van der Waals surface area contributed by atoms with E-state index in [1.54, 1.807) is 20.5 Å². The molecule has 27 heavy (non-hydrogen) atoms. The molecule has 1 fully saturated rings. The van der Waals surface area contributed by atoms with Gasteiger partial charge in [0.05, 0.1) is 26.3 Å². The summed E-state index contributed by atoms with van der Waals surface area (Å²) in [5.41, 5.74) is 0.807. The van der Waals surface area contributed by atoms with Crippen molar-refractivity contribution >= 4 is 22.8 Å². The molecule has 0 unspecified atom stereocenters. The van der Waals surface area contributed by atoms with Crippen LogP contribution < -0.4 is 19.7 Å². The van der Waals surface area contributed by atoms with Crippen LogP contribution in [0.3, 0.4) is 0 Å². The monoisotopic (exact) mass is 374 g/mol. The molecule has 0 spiro atoms. The molecule has 0 bridgehead atoms. The molecule has 1 aromatic heterocycles. The standard InChI is InChI=1S/C19H26N4O4/c1-4-9-27-19(24)22-13-5-7-23(8-6-13)18-14-10-16(25-2)17(26-3)11-15(14)20-12-21-18/h10-13H,4-9H2,1-3H3,(H,22,24). The lowest BCUT2D eigenvalue weighted by Gasteiger charge is -2.33. The Morgan fingerprint density at radius 3 is 2.56 bits per heavy atom. The van der Waals surface area contributed by atoms with Gasteiger partial charge in [0.1, 0.15) is 12.1 Å². The second-order valence-corrected chi connectivity index (χ2v) is 6.46. The van der Waals surface area contributed by atoms with Crippen LogP contribution in [0.15, 0.2) is 18.5 Å². The number of ether oxygens (including phenoxy) is 3. The highest BCUT2D eigenvalue weighted by molar-refractivity contribution is 5.92. The summed E-state index contributed by atoms with van der Waals surface area (Å²) in [6.45, 7) is 4.00. The van der Waals surface area contributed by atoms with Crippen LogP contribution in [-0.2, 0) is 4.74 Å². The number of aromatic nitrogens is 2. The van der Waals surface area contributed by atoms with Gasteiger partial charge in [0, 0.05) is 30.6 Å². The van der Waals surface area contributed by atoms with Gasteiger partial charge in [0.2, 0.25) is 0 Å². The van der Waals surface area contributed by atoms with Crippen LogP contribution in [0.2, 0.25) is 0 Å². The molecule has 0 atom stereocenters. The highest BCUT2D eigenvalue weighted by Gasteiger charge is 2.24. The molecular formula is C19H26N4O4. The van der Waals surface area contributed by atoms with Crippen molar-refractivity contribution in [3.63, 3.8) is 0 Å². The lowest BCUT2D eigenvalue weighted by molar-refractivity contribution is 0.140. The Balaban J connectivity index is 1.72. The zero-order chi connectivity index (χ0) is 19.2. The number of piperidine rings is 1. The SMILES string of the molecule is CCCOC(=O)NC1CCN(c2ncnc3cc(OC)c(OC)cc23)CC1. The lowest BCUT2D eigenvalue weighted by Crippen LogP contribution is -2.45. The van der Waals surface area contributed by atoms with Crippen LogP contribution >= 0.6 is 0 Å². The summed E-state index contributed by atoms with van der Waals surface area (Å²) >= 11 is 0. The quantitative estimate of drug-likeness (QED) is 0.832. The number of nitrogens with zero attached hydrogens (tertiary/aromatic N) is 3. The third-order valence-corrected chi connectivity index (χ3v) is 4.67. The van der Waals surface area contributed by atoms with Crippen molar-refractivity contribution in [3.05, 3.63) is 18.5 Å². The van der Waals surface area contributed by atoms with Gasteiger partial charge in [-0.2, -0.15) is 0 Å². The fraction of sp³-hybridized carbons (Fsp3) is 0.526. The number of rotatable bonds is 6. The van der Waals surface area contributed by atoms with Crippen LogP contribution in [0.4, 0.5) is 10.6 Å². The maximum Gasteiger partial charge on any atom is 0.407 e. The van der Waals surface area contributed by atoms with E-state index in [4.69, 9.17) is 14.2 Å². The number of anilines is 1. The Labute approximate surface area is 158 Å². The highest BCUT2D eigenvalue weighted by atomic mass is 16.5. The summed E-state index contributed by atoms with van der Waals surface area (Å²) in [6, 6.07) is 3.89. The van der Waals surface area contributed by atoms with E-state index in [1.807, 2.05) is 19.1 Å². The average molecular weight is 374 g/mol. The van der Waals surface area contributed by atoms with Gasteiger partial charge in [0.25, 0.3) is 0 Å². The molecule has 1 aliphatic rings. The van der Waals surface area contributed by atoms with Gasteiger partial charge in [-0.1, -0.05) is 6.92 Å². The Kier molecular flexibility index (Phi) is 6.16. The first-order valence-electron chi connectivity index (χ1n) is 9.21. The normalized spacial score (nSPS) is 14.9. The minimum atomic E-state index is -0.334. The van der Waals surface area contributed by atoms with E-state index in [9.17, 15) is 4.79 Å². The highest BCUT2D eigenvalue weighted by Crippen LogP contribution is 2.35. The molecule has 1 aliphatic heterocycles. The van der Waals surface area contributed by atoms with E-state index in [0.29, 0.717) is 18.1 Å². The van der Waals surface area contributed by atoms with Crippen LogP contribution in [0.5, 0.6) is 11.5 Å². The lowest BCUT2D eigenvalue weighted by atomic mass is 10.0. The van der Waals surface area contributed by atoms with Crippen molar-refractivity contribution in [3.8, 4) is 11.5 Å². The number of fused-ring (bicyclic) bond motifs is 1. The average Bonchev–Trinajstić information content (AvgIpc) is 2.71. The molecule has 1 amide bonds. The predicted molar refractivity (Wildman–Crippen MR) is 103 cm³/mol. The van der Waals surface area contributed by atoms with Gasteiger partial charge >= 0.3 is 6.09 Å². The first-order valence-corrected chi connectivity index (χ1v) is 9.21. The number of hydrogen-bond acceptors (Lipinski definition) is 7. The first kappa shape index (κ1) is 19.0. The van der Waals surface area contributed by atoms with Crippen LogP contribution in [0, 0.1) is 0 Å². The minimum Gasteiger partial charge on any atom is -0.493 e. The van der Waals surface area contributed by atoms with Crippen LogP contribution in [-0.4, -0.2) is 56.0 Å². The molecule has 146 valence electrons. The molecule has 1 saturated heterocycles. The molecule has 0 radical (unpaired) electrons. The number of amides is 1. The van der Waals surface area contributed by atoms with Crippen molar-refractivity contribution in [2.75, 3.05) is 38.8 Å². The summed E-state index contributed by atoms with van der Waals surface area (Å²) in [7, 11) is 3.22. The number of benzene rings is 1. The number of nitrogens with one attached hydrogen (secondary N) is 1.